The van der Waals surface area contributed by atoms with E-state index in [4.69, 9.17) is 16.3 Å². The van der Waals surface area contributed by atoms with E-state index in [-0.39, 0.29) is 29.2 Å². The highest BCUT2D eigenvalue weighted by Gasteiger charge is 2.76. The summed E-state index contributed by atoms with van der Waals surface area (Å²) in [5.74, 6) is -2.29. The topological polar surface area (TPSA) is 108 Å². The number of aliphatic hydroxyl groups excluding tert-OH is 1. The summed E-state index contributed by atoms with van der Waals surface area (Å²) in [6.07, 6.45) is 1.90. The quantitative estimate of drug-likeness (QED) is 0.284. The molecule has 0 saturated carbocycles. The summed E-state index contributed by atoms with van der Waals surface area (Å²) in [6.45, 7) is 0.755. The van der Waals surface area contributed by atoms with Crippen LogP contribution in [0.5, 0.6) is 0 Å². The molecule has 3 N–H and O–H groups in total. The molecule has 3 aliphatic heterocycles. The Bertz CT molecular complexity index is 1180. The van der Waals surface area contributed by atoms with Crippen molar-refractivity contribution in [2.45, 2.75) is 54.8 Å². The van der Waals surface area contributed by atoms with Gasteiger partial charge in [-0.25, -0.2) is 0 Å². The van der Waals surface area contributed by atoms with Crippen molar-refractivity contribution in [3.8, 4) is 0 Å². The Kier molecular flexibility index (Phi) is 8.09. The van der Waals surface area contributed by atoms with Crippen LogP contribution in [-0.4, -0.2) is 63.5 Å². The lowest BCUT2D eigenvalue weighted by Gasteiger charge is -2.34. The van der Waals surface area contributed by atoms with Crippen molar-refractivity contribution in [2.24, 2.45) is 11.8 Å². The van der Waals surface area contributed by atoms with Gasteiger partial charge in [0.05, 0.1) is 17.9 Å². The van der Waals surface area contributed by atoms with Crippen LogP contribution in [0.15, 0.2) is 54.6 Å². The third kappa shape index (κ3) is 4.97. The average Bonchev–Trinajstić information content (AvgIpc) is 3.50. The molecule has 0 aromatic heterocycles. The zero-order valence-corrected chi connectivity index (χ0v) is 23.2. The Morgan fingerprint density at radius 2 is 1.82 bits per heavy atom. The predicted octanol–water partition coefficient (Wildman–Crippen LogP) is 3.51. The highest BCUT2D eigenvalue weighted by molar-refractivity contribution is 9.09. The molecule has 3 heterocycles. The van der Waals surface area contributed by atoms with Crippen LogP contribution in [0.3, 0.4) is 0 Å². The van der Waals surface area contributed by atoms with E-state index in [0.717, 1.165) is 12.0 Å². The summed E-state index contributed by atoms with van der Waals surface area (Å²) in [5.41, 5.74) is 0.406. The Labute approximate surface area is 235 Å². The van der Waals surface area contributed by atoms with Crippen molar-refractivity contribution in [1.29, 1.82) is 0 Å². The van der Waals surface area contributed by atoms with E-state index in [0.29, 0.717) is 43.1 Å². The lowest BCUT2D eigenvalue weighted by molar-refractivity contribution is -0.140. The number of aliphatic hydroxyl groups is 1. The standard InChI is InChI=1S/C28H31BrClN3O5/c29-20-15-28-22(21(23(20)38-28)25(35)31-16-17-7-3-1-4-8-17)27(37)33(13-5-2-6-14-34)24(28)26(36)32-19-11-9-18(30)10-12-19/h1,3-4,7-12,20-24,34H,2,5-6,13-16H2,(H,31,35)(H,32,36)/t20?,21-,22+,23-,24?,28?/m1/s1. The Hall–Kier alpha value is -2.46. The summed E-state index contributed by atoms with van der Waals surface area (Å²) < 4.78 is 6.51. The SMILES string of the molecule is O=C(Nc1ccc(Cl)cc1)C1N(CCCCCO)C(=O)[C@@H]2[C@@H](C(=O)NCc3ccccc3)[C@@H]3OC12CC3Br. The molecule has 0 aliphatic carbocycles. The number of benzene rings is 2. The minimum absolute atomic E-state index is 0.0701. The number of anilines is 1. The molecule has 3 saturated heterocycles. The molecule has 2 aromatic carbocycles. The number of hydrogen-bond acceptors (Lipinski definition) is 5. The molecule has 8 nitrogen and oxygen atoms in total. The monoisotopic (exact) mass is 603 g/mol. The normalized spacial score (nSPS) is 29.4. The van der Waals surface area contributed by atoms with Crippen LogP contribution >= 0.6 is 27.5 Å². The molecule has 3 fully saturated rings. The van der Waals surface area contributed by atoms with Crippen molar-refractivity contribution in [3.05, 3.63) is 65.2 Å². The van der Waals surface area contributed by atoms with E-state index in [1.807, 2.05) is 30.3 Å². The first-order valence-electron chi connectivity index (χ1n) is 13.0. The van der Waals surface area contributed by atoms with Crippen LogP contribution in [0.25, 0.3) is 0 Å². The first-order chi connectivity index (χ1) is 18.4. The summed E-state index contributed by atoms with van der Waals surface area (Å²) in [4.78, 5) is 42.7. The van der Waals surface area contributed by atoms with Crippen LogP contribution in [0.2, 0.25) is 5.02 Å². The minimum Gasteiger partial charge on any atom is -0.396 e. The van der Waals surface area contributed by atoms with Gasteiger partial charge in [0, 0.05) is 35.2 Å². The van der Waals surface area contributed by atoms with E-state index < -0.39 is 29.6 Å². The maximum atomic E-state index is 13.9. The third-order valence-corrected chi connectivity index (χ3v) is 8.92. The van der Waals surface area contributed by atoms with Gasteiger partial charge in [-0.1, -0.05) is 57.9 Å². The first-order valence-corrected chi connectivity index (χ1v) is 14.3. The number of ether oxygens (including phenoxy) is 1. The van der Waals surface area contributed by atoms with Gasteiger partial charge in [-0.3, -0.25) is 14.4 Å². The van der Waals surface area contributed by atoms with Crippen molar-refractivity contribution in [1.82, 2.24) is 10.2 Å². The van der Waals surface area contributed by atoms with Gasteiger partial charge in [-0.05, 0) is 55.5 Å². The zero-order valence-electron chi connectivity index (χ0n) is 20.8. The number of carbonyl (C=O) groups is 3. The first kappa shape index (κ1) is 27.1. The maximum absolute atomic E-state index is 13.9. The molecule has 3 aliphatic rings. The smallest absolute Gasteiger partial charge is 0.250 e. The number of likely N-dealkylation sites (tertiary alicyclic amines) is 1. The fourth-order valence-corrected chi connectivity index (χ4v) is 7.26. The second-order valence-corrected chi connectivity index (χ2v) is 11.8. The van der Waals surface area contributed by atoms with Gasteiger partial charge in [0.1, 0.15) is 11.6 Å². The second-order valence-electron chi connectivity index (χ2n) is 10.2. The van der Waals surface area contributed by atoms with Gasteiger partial charge >= 0.3 is 0 Å². The number of amides is 3. The molecule has 10 heteroatoms. The maximum Gasteiger partial charge on any atom is 0.250 e. The molecule has 3 unspecified atom stereocenters. The third-order valence-electron chi connectivity index (χ3n) is 7.82. The van der Waals surface area contributed by atoms with E-state index in [2.05, 4.69) is 26.6 Å². The largest absolute Gasteiger partial charge is 0.396 e. The van der Waals surface area contributed by atoms with Crippen LogP contribution < -0.4 is 10.6 Å². The van der Waals surface area contributed by atoms with Gasteiger partial charge in [0.2, 0.25) is 17.7 Å². The summed E-state index contributed by atoms with van der Waals surface area (Å²) in [7, 11) is 0. The zero-order chi connectivity index (χ0) is 26.9. The molecule has 202 valence electrons. The number of alkyl halides is 1. The van der Waals surface area contributed by atoms with E-state index in [1.54, 1.807) is 29.2 Å². The average molecular weight is 605 g/mol. The lowest BCUT2D eigenvalue weighted by Crippen LogP contribution is -2.54. The van der Waals surface area contributed by atoms with Crippen LogP contribution in [0.4, 0.5) is 5.69 Å². The second kappa shape index (κ2) is 11.3. The number of nitrogens with one attached hydrogen (secondary N) is 2. The van der Waals surface area contributed by atoms with Crippen molar-refractivity contribution in [3.63, 3.8) is 0 Å². The fourth-order valence-electron chi connectivity index (χ4n) is 6.19. The summed E-state index contributed by atoms with van der Waals surface area (Å²) in [6, 6.07) is 15.5. The van der Waals surface area contributed by atoms with E-state index >= 15 is 0 Å². The molecule has 2 aromatic rings. The number of halogens is 2. The summed E-state index contributed by atoms with van der Waals surface area (Å²) >= 11 is 9.69. The highest BCUT2D eigenvalue weighted by atomic mass is 79.9. The number of hydrogen-bond donors (Lipinski definition) is 3. The van der Waals surface area contributed by atoms with Gasteiger partial charge in [-0.2, -0.15) is 0 Å². The summed E-state index contributed by atoms with van der Waals surface area (Å²) in [5, 5.41) is 15.7. The molecule has 38 heavy (non-hydrogen) atoms. The van der Waals surface area contributed by atoms with Crippen LogP contribution in [0, 0.1) is 11.8 Å². The van der Waals surface area contributed by atoms with Crippen molar-refractivity contribution >= 4 is 50.9 Å². The van der Waals surface area contributed by atoms with Crippen LogP contribution in [-0.2, 0) is 25.7 Å². The van der Waals surface area contributed by atoms with Gasteiger partial charge in [0.25, 0.3) is 0 Å². The fraction of sp³-hybridized carbons (Fsp3) is 0.464. The Morgan fingerprint density at radius 1 is 1.08 bits per heavy atom. The molecule has 2 bridgehead atoms. The lowest BCUT2D eigenvalue weighted by atomic mass is 9.70. The molecular weight excluding hydrogens is 574 g/mol. The van der Waals surface area contributed by atoms with Crippen molar-refractivity contribution in [2.75, 3.05) is 18.5 Å². The molecular formula is C28H31BrClN3O5. The van der Waals surface area contributed by atoms with Crippen LogP contribution in [0.1, 0.15) is 31.2 Å². The number of nitrogens with zero attached hydrogens (tertiary/aromatic N) is 1. The Morgan fingerprint density at radius 3 is 2.53 bits per heavy atom. The van der Waals surface area contributed by atoms with E-state index in [9.17, 15) is 19.5 Å². The van der Waals surface area contributed by atoms with E-state index in [1.165, 1.54) is 0 Å². The number of fused-ring (bicyclic) bond motifs is 1. The molecule has 3 amide bonds. The molecule has 5 rings (SSSR count). The van der Waals surface area contributed by atoms with Crippen molar-refractivity contribution < 1.29 is 24.2 Å². The Balaban J connectivity index is 1.42. The number of unbranched alkanes of at least 4 members (excludes halogenated alkanes) is 2. The van der Waals surface area contributed by atoms with Gasteiger partial charge in [0.15, 0.2) is 0 Å². The number of rotatable bonds is 10. The highest BCUT2D eigenvalue weighted by Crippen LogP contribution is 2.60. The molecule has 1 spiro atoms. The molecule has 0 radical (unpaired) electrons. The molecule has 6 atom stereocenters. The predicted molar refractivity (Wildman–Crippen MR) is 147 cm³/mol. The number of carbonyl (C=O) groups excluding carboxylic acids is 3. The minimum atomic E-state index is -1.11. The van der Waals surface area contributed by atoms with Gasteiger partial charge < -0.3 is 25.4 Å². The van der Waals surface area contributed by atoms with Gasteiger partial charge in [-0.15, -0.1) is 0 Å².